The maximum atomic E-state index is 12.8. The summed E-state index contributed by atoms with van der Waals surface area (Å²) in [7, 11) is 0.830. The summed E-state index contributed by atoms with van der Waals surface area (Å²) in [6.45, 7) is 1.30. The molecule has 1 aromatic rings. The Balaban J connectivity index is 1.77. The van der Waals surface area contributed by atoms with Crippen LogP contribution in [-0.4, -0.2) is 50.1 Å². The van der Waals surface area contributed by atoms with E-state index in [0.717, 1.165) is 44.3 Å². The average molecular weight is 337 g/mol. The van der Waals surface area contributed by atoms with E-state index in [1.165, 1.54) is 5.56 Å². The topological polar surface area (TPSA) is 53.5 Å². The van der Waals surface area contributed by atoms with Gasteiger partial charge in [0.05, 0.1) is 5.25 Å². The van der Waals surface area contributed by atoms with E-state index in [9.17, 15) is 8.42 Å². The largest absolute Gasteiger partial charge is 0.363 e. The number of pyridine rings is 1. The highest BCUT2D eigenvalue weighted by Crippen LogP contribution is 2.33. The molecule has 0 radical (unpaired) electrons. The van der Waals surface area contributed by atoms with Crippen LogP contribution in [0.5, 0.6) is 0 Å². The molecule has 2 aliphatic rings. The first-order valence-corrected chi connectivity index (χ1v) is 10.1. The summed E-state index contributed by atoms with van der Waals surface area (Å²) in [5.74, 6) is 1.21. The lowest BCUT2D eigenvalue weighted by atomic mass is 9.92. The van der Waals surface area contributed by atoms with Crippen molar-refractivity contribution in [2.24, 2.45) is 0 Å². The Morgan fingerprint density at radius 2 is 1.91 bits per heavy atom. The molecule has 1 aliphatic carbocycles. The molecular formula is C17H27N3O2S. The molecule has 0 spiro atoms. The summed E-state index contributed by atoms with van der Waals surface area (Å²) in [6, 6.07) is 4.12. The van der Waals surface area contributed by atoms with Crippen molar-refractivity contribution >= 4 is 15.8 Å². The van der Waals surface area contributed by atoms with Crippen molar-refractivity contribution in [2.75, 3.05) is 32.1 Å². The standard InChI is InChI=1S/C17H27N3O2S/c1-19(2)17-12-14(9-10-18-17)15-6-5-11-20(13-15)23(21,22)16-7-3-4-8-16/h9-10,12,15-16H,3-8,11,13H2,1-2H3/t15-/m1/s1. The second kappa shape index (κ2) is 6.77. The Morgan fingerprint density at radius 3 is 2.61 bits per heavy atom. The predicted octanol–water partition coefficient (Wildman–Crippen LogP) is 2.60. The SMILES string of the molecule is CN(C)c1cc([C@@H]2CCCN(S(=O)(=O)C3CCCC3)C2)ccn1. The number of hydrogen-bond acceptors (Lipinski definition) is 4. The first-order valence-electron chi connectivity index (χ1n) is 8.60. The van der Waals surface area contributed by atoms with Crippen LogP contribution in [0.4, 0.5) is 5.82 Å². The van der Waals surface area contributed by atoms with Gasteiger partial charge in [0.1, 0.15) is 5.82 Å². The molecule has 1 saturated heterocycles. The number of nitrogens with zero attached hydrogens (tertiary/aromatic N) is 3. The van der Waals surface area contributed by atoms with E-state index < -0.39 is 10.0 Å². The highest BCUT2D eigenvalue weighted by molar-refractivity contribution is 7.89. The van der Waals surface area contributed by atoms with Gasteiger partial charge in [-0.1, -0.05) is 12.8 Å². The van der Waals surface area contributed by atoms with Crippen LogP contribution < -0.4 is 4.90 Å². The van der Waals surface area contributed by atoms with E-state index >= 15 is 0 Å². The second-order valence-corrected chi connectivity index (χ2v) is 9.20. The van der Waals surface area contributed by atoms with Gasteiger partial charge in [-0.15, -0.1) is 0 Å². The van der Waals surface area contributed by atoms with Crippen molar-refractivity contribution < 1.29 is 8.42 Å². The summed E-state index contributed by atoms with van der Waals surface area (Å²) in [4.78, 5) is 6.34. The van der Waals surface area contributed by atoms with Gasteiger partial charge in [-0.05, 0) is 49.3 Å². The van der Waals surface area contributed by atoms with Gasteiger partial charge in [-0.25, -0.2) is 17.7 Å². The second-order valence-electron chi connectivity index (χ2n) is 6.99. The fourth-order valence-electron chi connectivity index (χ4n) is 3.78. The summed E-state index contributed by atoms with van der Waals surface area (Å²) in [5.41, 5.74) is 1.20. The molecule has 0 amide bonds. The summed E-state index contributed by atoms with van der Waals surface area (Å²) >= 11 is 0. The first-order chi connectivity index (χ1) is 11.0. The Hall–Kier alpha value is -1.14. The molecule has 0 bridgehead atoms. The summed E-state index contributed by atoms with van der Waals surface area (Å²) in [6.07, 6.45) is 7.60. The van der Waals surface area contributed by atoms with Crippen LogP contribution in [0.1, 0.15) is 50.0 Å². The van der Waals surface area contributed by atoms with Gasteiger partial charge in [-0.3, -0.25) is 0 Å². The van der Waals surface area contributed by atoms with Crippen LogP contribution >= 0.6 is 0 Å². The third-order valence-corrected chi connectivity index (χ3v) is 7.53. The Kier molecular flexibility index (Phi) is 4.92. The van der Waals surface area contributed by atoms with Crippen molar-refractivity contribution in [2.45, 2.75) is 49.7 Å². The van der Waals surface area contributed by atoms with Gasteiger partial charge in [0.25, 0.3) is 0 Å². The molecule has 1 aliphatic heterocycles. The fraction of sp³-hybridized carbons (Fsp3) is 0.706. The quantitative estimate of drug-likeness (QED) is 0.847. The molecule has 0 N–H and O–H groups in total. The van der Waals surface area contributed by atoms with Crippen molar-refractivity contribution in [3.8, 4) is 0 Å². The maximum Gasteiger partial charge on any atom is 0.216 e. The molecule has 2 fully saturated rings. The maximum absolute atomic E-state index is 12.8. The number of sulfonamides is 1. The van der Waals surface area contributed by atoms with Crippen LogP contribution in [-0.2, 0) is 10.0 Å². The highest BCUT2D eigenvalue weighted by Gasteiger charge is 2.36. The Labute approximate surface area is 139 Å². The normalized spacial score (nSPS) is 24.0. The van der Waals surface area contributed by atoms with Crippen molar-refractivity contribution in [3.05, 3.63) is 23.9 Å². The van der Waals surface area contributed by atoms with Gasteiger partial charge in [0, 0.05) is 33.4 Å². The molecular weight excluding hydrogens is 310 g/mol. The van der Waals surface area contributed by atoms with Crippen LogP contribution in [0.15, 0.2) is 18.3 Å². The Morgan fingerprint density at radius 1 is 1.17 bits per heavy atom. The van der Waals surface area contributed by atoms with E-state index in [2.05, 4.69) is 11.1 Å². The molecule has 3 rings (SSSR count). The summed E-state index contributed by atoms with van der Waals surface area (Å²) < 4.78 is 27.4. The zero-order valence-electron chi connectivity index (χ0n) is 14.1. The number of piperidine rings is 1. The molecule has 1 aromatic heterocycles. The molecule has 0 unspecified atom stereocenters. The van der Waals surface area contributed by atoms with Crippen LogP contribution in [0.2, 0.25) is 0 Å². The average Bonchev–Trinajstić information content (AvgIpc) is 3.10. The van der Waals surface area contributed by atoms with Gasteiger partial charge >= 0.3 is 0 Å². The number of rotatable bonds is 4. The summed E-state index contributed by atoms with van der Waals surface area (Å²) in [5, 5.41) is -0.143. The highest BCUT2D eigenvalue weighted by atomic mass is 32.2. The Bertz CT molecular complexity index is 639. The molecule has 23 heavy (non-hydrogen) atoms. The fourth-order valence-corrected chi connectivity index (χ4v) is 5.90. The number of aromatic nitrogens is 1. The molecule has 1 saturated carbocycles. The lowest BCUT2D eigenvalue weighted by molar-refractivity contribution is 0.312. The van der Waals surface area contributed by atoms with Crippen LogP contribution in [0.25, 0.3) is 0 Å². The number of hydrogen-bond donors (Lipinski definition) is 0. The van der Waals surface area contributed by atoms with Crippen LogP contribution in [0.3, 0.4) is 0 Å². The van der Waals surface area contributed by atoms with E-state index in [0.29, 0.717) is 13.1 Å². The monoisotopic (exact) mass is 337 g/mol. The van der Waals surface area contributed by atoms with Crippen molar-refractivity contribution in [1.82, 2.24) is 9.29 Å². The minimum Gasteiger partial charge on any atom is -0.363 e. The van der Waals surface area contributed by atoms with E-state index in [1.54, 1.807) is 4.31 Å². The van der Waals surface area contributed by atoms with Crippen LogP contribution in [0, 0.1) is 0 Å². The van der Waals surface area contributed by atoms with E-state index in [1.807, 2.05) is 31.3 Å². The first kappa shape index (κ1) is 16.7. The third kappa shape index (κ3) is 3.53. The molecule has 6 heteroatoms. The van der Waals surface area contributed by atoms with Gasteiger partial charge < -0.3 is 4.90 Å². The molecule has 0 aromatic carbocycles. The smallest absolute Gasteiger partial charge is 0.216 e. The zero-order valence-corrected chi connectivity index (χ0v) is 14.9. The molecule has 2 heterocycles. The molecule has 5 nitrogen and oxygen atoms in total. The third-order valence-electron chi connectivity index (χ3n) is 5.17. The minimum absolute atomic E-state index is 0.143. The van der Waals surface area contributed by atoms with Gasteiger partial charge in [0.15, 0.2) is 0 Å². The van der Waals surface area contributed by atoms with Gasteiger partial charge in [0.2, 0.25) is 10.0 Å². The zero-order chi connectivity index (χ0) is 16.4. The van der Waals surface area contributed by atoms with E-state index in [4.69, 9.17) is 0 Å². The molecule has 128 valence electrons. The minimum atomic E-state index is -3.12. The molecule has 1 atom stereocenters. The lowest BCUT2D eigenvalue weighted by Crippen LogP contribution is -2.43. The predicted molar refractivity (Wildman–Crippen MR) is 93.3 cm³/mol. The van der Waals surface area contributed by atoms with Gasteiger partial charge in [-0.2, -0.15) is 0 Å². The van der Waals surface area contributed by atoms with E-state index in [-0.39, 0.29) is 11.2 Å². The van der Waals surface area contributed by atoms with Crippen molar-refractivity contribution in [1.29, 1.82) is 0 Å². The van der Waals surface area contributed by atoms with Crippen molar-refractivity contribution in [3.63, 3.8) is 0 Å². The lowest BCUT2D eigenvalue weighted by Gasteiger charge is -2.34. The number of anilines is 1.